The molecule has 1 heterocycles. The first-order valence-corrected chi connectivity index (χ1v) is 7.27. The second-order valence-corrected chi connectivity index (χ2v) is 5.45. The first-order valence-electron chi connectivity index (χ1n) is 7.27. The Kier molecular flexibility index (Phi) is 4.55. The molecule has 0 saturated heterocycles. The molecule has 1 N–H and O–H groups in total. The molecule has 4 heteroatoms. The maximum Gasteiger partial charge on any atom is 0.299 e. The minimum absolute atomic E-state index is 0.368. The van der Waals surface area contributed by atoms with Gasteiger partial charge in [0, 0.05) is 12.6 Å². The van der Waals surface area contributed by atoms with Crippen molar-refractivity contribution in [2.75, 3.05) is 18.0 Å². The summed E-state index contributed by atoms with van der Waals surface area (Å²) < 4.78 is 0. The summed E-state index contributed by atoms with van der Waals surface area (Å²) in [4.78, 5) is 25.7. The van der Waals surface area contributed by atoms with Crippen LogP contribution < -0.4 is 10.2 Å². The summed E-state index contributed by atoms with van der Waals surface area (Å²) in [5, 5.41) is 3.31. The van der Waals surface area contributed by atoms with E-state index in [9.17, 15) is 9.59 Å². The van der Waals surface area contributed by atoms with Gasteiger partial charge in [-0.2, -0.15) is 0 Å². The average Bonchev–Trinajstić information content (AvgIpc) is 2.67. The monoisotopic (exact) mass is 274 g/mol. The maximum atomic E-state index is 12.0. The van der Waals surface area contributed by atoms with E-state index >= 15 is 0 Å². The minimum atomic E-state index is -0.391. The average molecular weight is 274 g/mol. The molecule has 1 aliphatic rings. The van der Waals surface area contributed by atoms with Gasteiger partial charge < -0.3 is 10.2 Å². The van der Waals surface area contributed by atoms with Crippen LogP contribution in [0, 0.1) is 0 Å². The number of ketones is 1. The zero-order valence-electron chi connectivity index (χ0n) is 12.4. The number of nitrogens with zero attached hydrogens (tertiary/aromatic N) is 1. The lowest BCUT2D eigenvalue weighted by Gasteiger charge is -2.17. The molecular formula is C16H22N2O2. The van der Waals surface area contributed by atoms with E-state index in [1.165, 1.54) is 0 Å². The van der Waals surface area contributed by atoms with Gasteiger partial charge in [0.25, 0.3) is 11.7 Å². The Labute approximate surface area is 120 Å². The second-order valence-electron chi connectivity index (χ2n) is 5.45. The molecule has 0 saturated carbocycles. The molecule has 0 aliphatic carbocycles. The Morgan fingerprint density at radius 3 is 2.65 bits per heavy atom. The predicted octanol–water partition coefficient (Wildman–Crippen LogP) is 2.17. The number of nitrogens with one attached hydrogen (secondary N) is 1. The van der Waals surface area contributed by atoms with Crippen LogP contribution in [-0.4, -0.2) is 30.8 Å². The van der Waals surface area contributed by atoms with Gasteiger partial charge in [0.05, 0.1) is 11.3 Å². The zero-order chi connectivity index (χ0) is 14.7. The van der Waals surface area contributed by atoms with Gasteiger partial charge in [0.15, 0.2) is 0 Å². The number of carbonyl (C=O) groups is 2. The van der Waals surface area contributed by atoms with E-state index in [0.29, 0.717) is 18.2 Å². The second kappa shape index (κ2) is 6.18. The molecule has 1 aromatic rings. The van der Waals surface area contributed by atoms with Crippen LogP contribution in [0.5, 0.6) is 0 Å². The zero-order valence-corrected chi connectivity index (χ0v) is 12.4. The molecule has 0 fully saturated rings. The van der Waals surface area contributed by atoms with Crippen molar-refractivity contribution < 1.29 is 9.59 Å². The van der Waals surface area contributed by atoms with E-state index in [1.807, 2.05) is 25.1 Å². The number of fused-ring (bicyclic) bond motifs is 1. The highest BCUT2D eigenvalue weighted by atomic mass is 16.2. The van der Waals surface area contributed by atoms with Gasteiger partial charge >= 0.3 is 0 Å². The van der Waals surface area contributed by atoms with Crippen LogP contribution in [0.2, 0.25) is 0 Å². The molecule has 0 spiro atoms. The highest BCUT2D eigenvalue weighted by molar-refractivity contribution is 6.52. The van der Waals surface area contributed by atoms with Crippen molar-refractivity contribution in [3.63, 3.8) is 0 Å². The summed E-state index contributed by atoms with van der Waals surface area (Å²) in [6, 6.07) is 6.17. The molecule has 1 amide bonds. The fourth-order valence-corrected chi connectivity index (χ4v) is 2.42. The lowest BCUT2D eigenvalue weighted by molar-refractivity contribution is -0.114. The highest BCUT2D eigenvalue weighted by Gasteiger charge is 2.35. The lowest BCUT2D eigenvalue weighted by atomic mass is 10.1. The van der Waals surface area contributed by atoms with E-state index in [0.717, 1.165) is 30.6 Å². The van der Waals surface area contributed by atoms with Gasteiger partial charge in [0.2, 0.25) is 0 Å². The lowest BCUT2D eigenvalue weighted by Crippen LogP contribution is -2.33. The van der Waals surface area contributed by atoms with E-state index in [1.54, 1.807) is 4.90 Å². The molecule has 1 aliphatic heterocycles. The first-order chi connectivity index (χ1) is 9.54. The number of benzene rings is 1. The third-order valence-corrected chi connectivity index (χ3v) is 3.56. The SMILES string of the molecule is CCc1ccc2c(c1)C(=O)C(=O)N2CCCNC(C)C. The topological polar surface area (TPSA) is 49.4 Å². The van der Waals surface area contributed by atoms with Crippen LogP contribution in [0.3, 0.4) is 0 Å². The van der Waals surface area contributed by atoms with Crippen LogP contribution in [-0.2, 0) is 11.2 Å². The van der Waals surface area contributed by atoms with Crippen molar-refractivity contribution in [1.29, 1.82) is 0 Å². The van der Waals surface area contributed by atoms with Gasteiger partial charge in [-0.3, -0.25) is 9.59 Å². The molecule has 0 bridgehead atoms. The number of aryl methyl sites for hydroxylation is 1. The number of hydrogen-bond donors (Lipinski definition) is 1. The molecule has 1 aromatic carbocycles. The highest BCUT2D eigenvalue weighted by Crippen LogP contribution is 2.29. The molecule has 108 valence electrons. The van der Waals surface area contributed by atoms with Gasteiger partial charge in [0.1, 0.15) is 0 Å². The number of hydrogen-bond acceptors (Lipinski definition) is 3. The summed E-state index contributed by atoms with van der Waals surface area (Å²) in [5.74, 6) is -0.759. The van der Waals surface area contributed by atoms with Crippen LogP contribution in [0.15, 0.2) is 18.2 Å². The number of rotatable bonds is 6. The summed E-state index contributed by atoms with van der Waals surface area (Å²) in [6.45, 7) is 7.65. The van der Waals surface area contributed by atoms with Crippen molar-refractivity contribution in [3.8, 4) is 0 Å². The Balaban J connectivity index is 2.09. The number of amides is 1. The van der Waals surface area contributed by atoms with Crippen LogP contribution in [0.1, 0.15) is 43.1 Å². The first kappa shape index (κ1) is 14.7. The van der Waals surface area contributed by atoms with Gasteiger partial charge in [-0.05, 0) is 37.1 Å². The molecule has 2 rings (SSSR count). The molecule has 0 radical (unpaired) electrons. The van der Waals surface area contributed by atoms with Gasteiger partial charge in [-0.25, -0.2) is 0 Å². The number of anilines is 1. The van der Waals surface area contributed by atoms with Crippen LogP contribution in [0.4, 0.5) is 5.69 Å². The van der Waals surface area contributed by atoms with Gasteiger partial charge in [-0.15, -0.1) is 0 Å². The van der Waals surface area contributed by atoms with Crippen molar-refractivity contribution >= 4 is 17.4 Å². The third-order valence-electron chi connectivity index (χ3n) is 3.56. The van der Waals surface area contributed by atoms with Crippen molar-refractivity contribution in [2.24, 2.45) is 0 Å². The standard InChI is InChI=1S/C16H22N2O2/c1-4-12-6-7-14-13(10-12)15(19)16(20)18(14)9-5-8-17-11(2)3/h6-7,10-11,17H,4-5,8-9H2,1-3H3. The third kappa shape index (κ3) is 2.90. The van der Waals surface area contributed by atoms with E-state index < -0.39 is 5.91 Å². The van der Waals surface area contributed by atoms with E-state index in [4.69, 9.17) is 0 Å². The minimum Gasteiger partial charge on any atom is -0.314 e. The Bertz CT molecular complexity index is 523. The normalized spacial score (nSPS) is 14.3. The fourth-order valence-electron chi connectivity index (χ4n) is 2.42. The molecule has 20 heavy (non-hydrogen) atoms. The molecule has 0 atom stereocenters. The van der Waals surface area contributed by atoms with Gasteiger partial charge in [-0.1, -0.05) is 26.8 Å². The number of carbonyl (C=O) groups excluding carboxylic acids is 2. The molecular weight excluding hydrogens is 252 g/mol. The van der Waals surface area contributed by atoms with Crippen LogP contribution in [0.25, 0.3) is 0 Å². The smallest absolute Gasteiger partial charge is 0.299 e. The van der Waals surface area contributed by atoms with Crippen molar-refractivity contribution in [1.82, 2.24) is 5.32 Å². The van der Waals surface area contributed by atoms with E-state index in [-0.39, 0.29) is 5.78 Å². The summed E-state index contributed by atoms with van der Waals surface area (Å²) in [5.41, 5.74) is 2.42. The summed E-state index contributed by atoms with van der Waals surface area (Å²) >= 11 is 0. The fraction of sp³-hybridized carbons (Fsp3) is 0.500. The summed E-state index contributed by atoms with van der Waals surface area (Å²) in [6.07, 6.45) is 1.71. The quantitative estimate of drug-likeness (QED) is 0.639. The predicted molar refractivity (Wildman–Crippen MR) is 80.3 cm³/mol. The molecule has 0 aromatic heterocycles. The maximum absolute atomic E-state index is 12.0. The Morgan fingerprint density at radius 1 is 1.25 bits per heavy atom. The Morgan fingerprint density at radius 2 is 2.00 bits per heavy atom. The van der Waals surface area contributed by atoms with E-state index in [2.05, 4.69) is 19.2 Å². The Hall–Kier alpha value is -1.68. The van der Waals surface area contributed by atoms with Crippen molar-refractivity contribution in [3.05, 3.63) is 29.3 Å². The molecule has 0 unspecified atom stereocenters. The van der Waals surface area contributed by atoms with Crippen molar-refractivity contribution in [2.45, 2.75) is 39.7 Å². The summed E-state index contributed by atoms with van der Waals surface area (Å²) in [7, 11) is 0. The molecule has 4 nitrogen and oxygen atoms in total. The van der Waals surface area contributed by atoms with Crippen LogP contribution >= 0.6 is 0 Å². The largest absolute Gasteiger partial charge is 0.314 e. The number of Topliss-reactive ketones (excluding diaryl/α,β-unsaturated/α-hetero) is 1.